The van der Waals surface area contributed by atoms with E-state index in [0.717, 1.165) is 28.9 Å². The molecule has 0 unspecified atom stereocenters. The van der Waals surface area contributed by atoms with Crippen molar-refractivity contribution in [2.24, 2.45) is 0 Å². The minimum absolute atomic E-state index is 0.189. The highest BCUT2D eigenvalue weighted by molar-refractivity contribution is 6.04. The highest BCUT2D eigenvalue weighted by Crippen LogP contribution is 2.32. The number of anilines is 3. The van der Waals surface area contributed by atoms with Crippen molar-refractivity contribution in [1.29, 1.82) is 0 Å². The second kappa shape index (κ2) is 12.3. The van der Waals surface area contributed by atoms with Crippen molar-refractivity contribution in [2.75, 3.05) is 49.9 Å². The molecule has 2 aromatic rings. The molecule has 0 aliphatic carbocycles. The number of hydrogen-bond acceptors (Lipinski definition) is 4. The van der Waals surface area contributed by atoms with E-state index in [-0.39, 0.29) is 23.8 Å². The summed E-state index contributed by atoms with van der Waals surface area (Å²) in [5.41, 5.74) is 4.86. The summed E-state index contributed by atoms with van der Waals surface area (Å²) in [6, 6.07) is 11.1. The van der Waals surface area contributed by atoms with E-state index in [1.807, 2.05) is 43.3 Å². The Morgan fingerprint density at radius 2 is 1.61 bits per heavy atom. The summed E-state index contributed by atoms with van der Waals surface area (Å²) in [6.07, 6.45) is 0.729. The molecule has 33 heavy (non-hydrogen) atoms. The number of carbonyl (C=O) groups is 2. The highest BCUT2D eigenvalue weighted by atomic mass is 16.5. The summed E-state index contributed by atoms with van der Waals surface area (Å²) >= 11 is 0. The van der Waals surface area contributed by atoms with Gasteiger partial charge in [0.05, 0.1) is 5.56 Å². The monoisotopic (exact) mass is 454 g/mol. The van der Waals surface area contributed by atoms with Crippen LogP contribution in [-0.4, -0.2) is 46.3 Å². The minimum atomic E-state index is -0.339. The number of methoxy groups -OCH3 is 1. The fourth-order valence-electron chi connectivity index (χ4n) is 3.67. The Bertz CT molecular complexity index is 928. The number of ether oxygens (including phenoxy) is 1. The van der Waals surface area contributed by atoms with Gasteiger partial charge in [-0.3, -0.25) is 4.79 Å². The lowest BCUT2D eigenvalue weighted by Gasteiger charge is -2.21. The Labute approximate surface area is 197 Å². The molecule has 3 N–H and O–H groups in total. The van der Waals surface area contributed by atoms with E-state index in [4.69, 9.17) is 4.74 Å². The Kier molecular flexibility index (Phi) is 9.73. The summed E-state index contributed by atoms with van der Waals surface area (Å²) in [5.74, 6) is 0.352. The number of urea groups is 1. The molecule has 0 radical (unpaired) electrons. The average molecular weight is 455 g/mol. The first-order valence-electron chi connectivity index (χ1n) is 11.4. The van der Waals surface area contributed by atoms with Crippen molar-refractivity contribution in [3.8, 4) is 0 Å². The molecule has 2 aromatic carbocycles. The number of nitrogens with zero attached hydrogens (tertiary/aromatic N) is 1. The molecular weight excluding hydrogens is 416 g/mol. The van der Waals surface area contributed by atoms with Crippen LogP contribution in [0, 0.1) is 0 Å². The summed E-state index contributed by atoms with van der Waals surface area (Å²) in [6.45, 7) is 9.54. The molecule has 0 aliphatic heterocycles. The number of amides is 3. The number of para-hydroxylation sites is 1. The molecule has 0 fully saturated rings. The maximum atomic E-state index is 12.9. The van der Waals surface area contributed by atoms with Crippen molar-refractivity contribution >= 4 is 29.0 Å². The van der Waals surface area contributed by atoms with Gasteiger partial charge in [0, 0.05) is 51.4 Å². The zero-order valence-corrected chi connectivity index (χ0v) is 20.9. The van der Waals surface area contributed by atoms with Crippen molar-refractivity contribution in [3.63, 3.8) is 0 Å². The second-order valence-corrected chi connectivity index (χ2v) is 8.93. The van der Waals surface area contributed by atoms with Gasteiger partial charge in [-0.05, 0) is 47.6 Å². The molecule has 0 spiro atoms. The van der Waals surface area contributed by atoms with Crippen LogP contribution < -0.4 is 20.9 Å². The van der Waals surface area contributed by atoms with E-state index in [2.05, 4.69) is 43.6 Å². The van der Waals surface area contributed by atoms with Gasteiger partial charge in [-0.25, -0.2) is 4.79 Å². The molecule has 0 saturated heterocycles. The molecule has 3 amide bonds. The number of rotatable bonds is 10. The van der Waals surface area contributed by atoms with Gasteiger partial charge in [0.15, 0.2) is 0 Å². The van der Waals surface area contributed by atoms with Gasteiger partial charge in [0.2, 0.25) is 0 Å². The molecule has 0 aromatic heterocycles. The van der Waals surface area contributed by atoms with Crippen LogP contribution in [-0.2, 0) is 4.74 Å². The third kappa shape index (κ3) is 7.22. The summed E-state index contributed by atoms with van der Waals surface area (Å²) < 4.78 is 5.04. The summed E-state index contributed by atoms with van der Waals surface area (Å²) in [7, 11) is 5.40. The molecule has 0 aliphatic rings. The number of hydrogen-bond donors (Lipinski definition) is 3. The fraction of sp³-hybridized carbons (Fsp3) is 0.462. The van der Waals surface area contributed by atoms with Gasteiger partial charge in [-0.15, -0.1) is 0 Å². The molecule has 0 atom stereocenters. The molecule has 0 heterocycles. The predicted octanol–water partition coefficient (Wildman–Crippen LogP) is 5.41. The largest absolute Gasteiger partial charge is 0.385 e. The van der Waals surface area contributed by atoms with E-state index in [1.54, 1.807) is 19.2 Å². The zero-order chi connectivity index (χ0) is 24.5. The van der Waals surface area contributed by atoms with Crippen LogP contribution in [0.4, 0.5) is 21.9 Å². The fourth-order valence-corrected chi connectivity index (χ4v) is 3.67. The maximum Gasteiger partial charge on any atom is 0.323 e. The minimum Gasteiger partial charge on any atom is -0.385 e. The molecule has 180 valence electrons. The van der Waals surface area contributed by atoms with Crippen LogP contribution in [0.2, 0.25) is 0 Å². The van der Waals surface area contributed by atoms with Crippen molar-refractivity contribution in [2.45, 2.75) is 46.0 Å². The first kappa shape index (κ1) is 26.2. The number of carbonyl (C=O) groups excluding carboxylic acids is 2. The highest BCUT2D eigenvalue weighted by Gasteiger charge is 2.18. The van der Waals surface area contributed by atoms with E-state index in [9.17, 15) is 9.59 Å². The van der Waals surface area contributed by atoms with Crippen LogP contribution >= 0.6 is 0 Å². The third-order valence-corrected chi connectivity index (χ3v) is 5.40. The third-order valence-electron chi connectivity index (χ3n) is 5.40. The van der Waals surface area contributed by atoms with E-state index in [1.165, 1.54) is 0 Å². The Morgan fingerprint density at radius 1 is 0.970 bits per heavy atom. The number of nitrogens with one attached hydrogen (secondary N) is 3. The summed E-state index contributed by atoms with van der Waals surface area (Å²) in [5, 5.41) is 8.86. The Morgan fingerprint density at radius 3 is 2.15 bits per heavy atom. The van der Waals surface area contributed by atoms with Crippen molar-refractivity contribution in [3.05, 3.63) is 53.1 Å². The normalized spacial score (nSPS) is 10.9. The summed E-state index contributed by atoms with van der Waals surface area (Å²) in [4.78, 5) is 27.6. The first-order valence-corrected chi connectivity index (χ1v) is 11.4. The lowest BCUT2D eigenvalue weighted by molar-refractivity contribution is 0.0949. The van der Waals surface area contributed by atoms with Gasteiger partial charge in [-0.1, -0.05) is 45.9 Å². The molecule has 0 saturated carbocycles. The lowest BCUT2D eigenvalue weighted by atomic mass is 9.93. The van der Waals surface area contributed by atoms with Crippen molar-refractivity contribution < 1.29 is 14.3 Å². The molecule has 7 heteroatoms. The van der Waals surface area contributed by atoms with Gasteiger partial charge in [0.25, 0.3) is 5.91 Å². The van der Waals surface area contributed by atoms with E-state index < -0.39 is 0 Å². The standard InChI is InChI=1S/C26H38N4O3/c1-17(2)20-10-8-11-21(18(3)4)24(20)29-26(32)28-19-12-13-23(30(5)6)22(16-19)25(31)27-14-9-15-33-7/h8,10-13,16-18H,9,14-15H2,1-7H3,(H,27,31)(H2,28,29,32). The smallest absolute Gasteiger partial charge is 0.323 e. The van der Waals surface area contributed by atoms with Crippen LogP contribution in [0.3, 0.4) is 0 Å². The topological polar surface area (TPSA) is 82.7 Å². The molecule has 7 nitrogen and oxygen atoms in total. The van der Waals surface area contributed by atoms with Crippen LogP contribution in [0.15, 0.2) is 36.4 Å². The Balaban J connectivity index is 2.24. The van der Waals surface area contributed by atoms with Crippen molar-refractivity contribution in [1.82, 2.24) is 5.32 Å². The Hall–Kier alpha value is -3.06. The van der Waals surface area contributed by atoms with Gasteiger partial charge >= 0.3 is 6.03 Å². The van der Waals surface area contributed by atoms with E-state index >= 15 is 0 Å². The van der Waals surface area contributed by atoms with Crippen LogP contribution in [0.25, 0.3) is 0 Å². The molecular formula is C26H38N4O3. The average Bonchev–Trinajstić information content (AvgIpc) is 2.76. The lowest BCUT2D eigenvalue weighted by Crippen LogP contribution is -2.28. The van der Waals surface area contributed by atoms with Gasteiger partial charge < -0.3 is 25.6 Å². The van der Waals surface area contributed by atoms with Crippen LogP contribution in [0.1, 0.15) is 67.4 Å². The second-order valence-electron chi connectivity index (χ2n) is 8.93. The van der Waals surface area contributed by atoms with Gasteiger partial charge in [-0.2, -0.15) is 0 Å². The molecule has 2 rings (SSSR count). The first-order chi connectivity index (χ1) is 15.6. The molecule has 0 bridgehead atoms. The zero-order valence-electron chi connectivity index (χ0n) is 20.9. The van der Waals surface area contributed by atoms with E-state index in [0.29, 0.717) is 24.4 Å². The number of benzene rings is 2. The SMILES string of the molecule is COCCCNC(=O)c1cc(NC(=O)Nc2c(C(C)C)cccc2C(C)C)ccc1N(C)C. The van der Waals surface area contributed by atoms with Crippen LogP contribution in [0.5, 0.6) is 0 Å². The predicted molar refractivity (Wildman–Crippen MR) is 137 cm³/mol. The quantitative estimate of drug-likeness (QED) is 0.419. The maximum absolute atomic E-state index is 12.9. The van der Waals surface area contributed by atoms with Gasteiger partial charge in [0.1, 0.15) is 0 Å².